The molecular weight excluding hydrogens is 222 g/mol. The maximum atomic E-state index is 11.1. The number of rotatable bonds is 3. The van der Waals surface area contributed by atoms with Crippen molar-refractivity contribution in [2.24, 2.45) is 5.14 Å². The van der Waals surface area contributed by atoms with E-state index in [1.165, 1.54) is 7.11 Å². The van der Waals surface area contributed by atoms with E-state index in [1.54, 1.807) is 6.92 Å². The van der Waals surface area contributed by atoms with Crippen molar-refractivity contribution in [3.63, 3.8) is 0 Å². The van der Waals surface area contributed by atoms with Crippen LogP contribution in [0.5, 0.6) is 0 Å². The van der Waals surface area contributed by atoms with Gasteiger partial charge >= 0.3 is 5.97 Å². The smallest absolute Gasteiger partial charge is 0.358 e. The molecule has 0 saturated heterocycles. The van der Waals surface area contributed by atoms with Gasteiger partial charge in [-0.15, -0.1) is 0 Å². The lowest BCUT2D eigenvalue weighted by Crippen LogP contribution is -2.17. The van der Waals surface area contributed by atoms with Gasteiger partial charge in [0.2, 0.25) is 0 Å². The molecule has 0 aliphatic rings. The molecule has 0 radical (unpaired) electrons. The van der Waals surface area contributed by atoms with Crippen molar-refractivity contribution in [3.8, 4) is 0 Å². The third-order valence-corrected chi connectivity index (χ3v) is 2.64. The largest absolute Gasteiger partial charge is 0.464 e. The molecule has 0 aromatic carbocycles. The number of ether oxygens (including phenoxy) is 1. The molecule has 1 rings (SSSR count). The third kappa shape index (κ3) is 2.34. The molecule has 0 unspecified atom stereocenters. The zero-order valence-corrected chi connectivity index (χ0v) is 9.11. The molecule has 1 heterocycles. The molecule has 7 nitrogen and oxygen atoms in total. The zero-order chi connectivity index (χ0) is 11.6. The zero-order valence-electron chi connectivity index (χ0n) is 8.30. The first-order valence-corrected chi connectivity index (χ1v) is 5.63. The summed E-state index contributed by atoms with van der Waals surface area (Å²) in [6.07, 6.45) is 0. The average molecular weight is 233 g/mol. The third-order valence-electron chi connectivity index (χ3n) is 1.73. The van der Waals surface area contributed by atoms with Gasteiger partial charge in [0.25, 0.3) is 10.0 Å². The number of carbonyl (C=O) groups is 1. The Labute approximate surface area is 86.9 Å². The molecule has 0 aliphatic carbocycles. The van der Waals surface area contributed by atoms with Gasteiger partial charge in [0.1, 0.15) is 0 Å². The standard InChI is InChI=1S/C7H11N3O4S/c1-3-10-6(15(8,12)13)4-5(9-10)7(11)14-2/h4H,3H2,1-2H3,(H2,8,12,13). The average Bonchev–Trinajstić information content (AvgIpc) is 2.59. The number of primary sulfonamides is 1. The second kappa shape index (κ2) is 3.99. The molecule has 0 amide bonds. The number of sulfonamides is 1. The van der Waals surface area contributed by atoms with Gasteiger partial charge in [0, 0.05) is 12.6 Å². The Morgan fingerprint density at radius 2 is 2.27 bits per heavy atom. The first-order chi connectivity index (χ1) is 6.90. The van der Waals surface area contributed by atoms with E-state index < -0.39 is 16.0 Å². The van der Waals surface area contributed by atoms with Crippen LogP contribution in [-0.4, -0.2) is 31.3 Å². The summed E-state index contributed by atoms with van der Waals surface area (Å²) in [5, 5.41) is 8.49. The number of aromatic nitrogens is 2. The maximum absolute atomic E-state index is 11.1. The highest BCUT2D eigenvalue weighted by atomic mass is 32.2. The van der Waals surface area contributed by atoms with Gasteiger partial charge in [-0.2, -0.15) is 5.10 Å². The summed E-state index contributed by atoms with van der Waals surface area (Å²) in [7, 11) is -2.69. The number of hydrogen-bond donors (Lipinski definition) is 1. The van der Waals surface area contributed by atoms with Crippen LogP contribution in [0.4, 0.5) is 0 Å². The lowest BCUT2D eigenvalue weighted by Gasteiger charge is -1.99. The Bertz CT molecular complexity index is 476. The number of esters is 1. The summed E-state index contributed by atoms with van der Waals surface area (Å²) in [4.78, 5) is 11.1. The maximum Gasteiger partial charge on any atom is 0.358 e. The molecule has 1 aromatic rings. The van der Waals surface area contributed by atoms with E-state index in [9.17, 15) is 13.2 Å². The lowest BCUT2D eigenvalue weighted by molar-refractivity contribution is 0.0593. The molecule has 0 atom stereocenters. The van der Waals surface area contributed by atoms with E-state index in [0.29, 0.717) is 6.54 Å². The summed E-state index contributed by atoms with van der Waals surface area (Å²) in [6.45, 7) is 1.98. The van der Waals surface area contributed by atoms with Crippen LogP contribution in [0.3, 0.4) is 0 Å². The number of nitrogens with zero attached hydrogens (tertiary/aromatic N) is 2. The minimum absolute atomic E-state index is 0.0802. The van der Waals surface area contributed by atoms with Gasteiger partial charge in [-0.25, -0.2) is 18.4 Å². The Kier molecular flexibility index (Phi) is 3.10. The SMILES string of the molecule is CCn1nc(C(=O)OC)cc1S(N)(=O)=O. The molecule has 2 N–H and O–H groups in total. The first kappa shape index (κ1) is 11.7. The molecule has 0 aliphatic heterocycles. The van der Waals surface area contributed by atoms with Crippen molar-refractivity contribution in [2.45, 2.75) is 18.5 Å². The highest BCUT2D eigenvalue weighted by molar-refractivity contribution is 7.89. The van der Waals surface area contributed by atoms with Crippen molar-refractivity contribution in [1.29, 1.82) is 0 Å². The Morgan fingerprint density at radius 1 is 1.67 bits per heavy atom. The second-order valence-electron chi connectivity index (χ2n) is 2.72. The summed E-state index contributed by atoms with van der Waals surface area (Å²) < 4.78 is 27.7. The van der Waals surface area contributed by atoms with Gasteiger partial charge in [-0.3, -0.25) is 4.68 Å². The quantitative estimate of drug-likeness (QED) is 0.697. The molecule has 0 bridgehead atoms. The summed E-state index contributed by atoms with van der Waals surface area (Å²) >= 11 is 0. The van der Waals surface area contributed by atoms with Crippen LogP contribution in [0.25, 0.3) is 0 Å². The van der Waals surface area contributed by atoms with E-state index >= 15 is 0 Å². The van der Waals surface area contributed by atoms with Crippen LogP contribution in [0.15, 0.2) is 11.1 Å². The van der Waals surface area contributed by atoms with Gasteiger partial charge in [-0.1, -0.05) is 0 Å². The second-order valence-corrected chi connectivity index (χ2v) is 4.23. The number of nitrogens with two attached hydrogens (primary N) is 1. The van der Waals surface area contributed by atoms with E-state index in [0.717, 1.165) is 10.7 Å². The predicted octanol–water partition coefficient (Wildman–Crippen LogP) is -0.663. The fraction of sp³-hybridized carbons (Fsp3) is 0.429. The van der Waals surface area contributed by atoms with E-state index in [2.05, 4.69) is 9.84 Å². The predicted molar refractivity (Wildman–Crippen MR) is 50.6 cm³/mol. The Balaban J connectivity index is 3.30. The summed E-state index contributed by atoms with van der Waals surface area (Å²) in [5.74, 6) is -0.702. The molecule has 0 spiro atoms. The van der Waals surface area contributed by atoms with E-state index in [-0.39, 0.29) is 10.7 Å². The minimum atomic E-state index is -3.87. The van der Waals surface area contributed by atoms with E-state index in [4.69, 9.17) is 5.14 Å². The Morgan fingerprint density at radius 3 is 2.60 bits per heavy atom. The van der Waals surface area contributed by atoms with Crippen LogP contribution in [-0.2, 0) is 21.3 Å². The van der Waals surface area contributed by atoms with Crippen molar-refractivity contribution in [2.75, 3.05) is 7.11 Å². The fourth-order valence-electron chi connectivity index (χ4n) is 1.06. The van der Waals surface area contributed by atoms with Crippen LogP contribution in [0.2, 0.25) is 0 Å². The van der Waals surface area contributed by atoms with Crippen LogP contribution in [0, 0.1) is 0 Å². The summed E-state index contributed by atoms with van der Waals surface area (Å²) in [5.41, 5.74) is -0.0802. The minimum Gasteiger partial charge on any atom is -0.464 e. The van der Waals surface area contributed by atoms with Crippen LogP contribution >= 0.6 is 0 Å². The first-order valence-electron chi connectivity index (χ1n) is 4.09. The molecule has 15 heavy (non-hydrogen) atoms. The molecule has 0 fully saturated rings. The molecule has 8 heteroatoms. The van der Waals surface area contributed by atoms with Crippen LogP contribution in [0.1, 0.15) is 17.4 Å². The van der Waals surface area contributed by atoms with E-state index in [1.807, 2.05) is 0 Å². The van der Waals surface area contributed by atoms with Crippen molar-refractivity contribution < 1.29 is 17.9 Å². The van der Waals surface area contributed by atoms with Crippen molar-refractivity contribution in [1.82, 2.24) is 9.78 Å². The highest BCUT2D eigenvalue weighted by Crippen LogP contribution is 2.10. The van der Waals surface area contributed by atoms with Gasteiger partial charge in [0.15, 0.2) is 10.7 Å². The number of aryl methyl sites for hydroxylation is 1. The fourth-order valence-corrected chi connectivity index (χ4v) is 1.80. The van der Waals surface area contributed by atoms with Crippen molar-refractivity contribution >= 4 is 16.0 Å². The topological polar surface area (TPSA) is 104 Å². The number of methoxy groups -OCH3 is 1. The number of hydrogen-bond acceptors (Lipinski definition) is 5. The molecule has 0 saturated carbocycles. The monoisotopic (exact) mass is 233 g/mol. The lowest BCUT2D eigenvalue weighted by atomic mass is 10.4. The van der Waals surface area contributed by atoms with Crippen LogP contribution < -0.4 is 5.14 Å². The van der Waals surface area contributed by atoms with Gasteiger partial charge in [-0.05, 0) is 6.92 Å². The highest BCUT2D eigenvalue weighted by Gasteiger charge is 2.20. The molecular formula is C7H11N3O4S. The number of carbonyl (C=O) groups excluding carboxylic acids is 1. The normalized spacial score (nSPS) is 11.4. The van der Waals surface area contributed by atoms with Gasteiger partial charge < -0.3 is 4.74 Å². The van der Waals surface area contributed by atoms with Gasteiger partial charge in [0.05, 0.1) is 7.11 Å². The molecule has 1 aromatic heterocycles. The van der Waals surface area contributed by atoms with Crippen molar-refractivity contribution in [3.05, 3.63) is 11.8 Å². The summed E-state index contributed by atoms with van der Waals surface area (Å²) in [6, 6.07) is 1.09. The molecule has 84 valence electrons. The Hall–Kier alpha value is -1.41.